The lowest BCUT2D eigenvalue weighted by molar-refractivity contribution is -0.156. The quantitative estimate of drug-likeness (QED) is 0.666. The number of hydrogen-bond donors (Lipinski definition) is 1. The van der Waals surface area contributed by atoms with Gasteiger partial charge in [0.05, 0.1) is 12.5 Å². The second-order valence-corrected chi connectivity index (χ2v) is 10.0. The van der Waals surface area contributed by atoms with Gasteiger partial charge < -0.3 is 9.84 Å². The van der Waals surface area contributed by atoms with E-state index in [1.165, 1.54) is 11.0 Å². The lowest BCUT2D eigenvalue weighted by Crippen LogP contribution is -2.31. The molecule has 2 aromatic carbocycles. The molecular weight excluding hydrogens is 399 g/mol. The SMILES string of the molecule is Cc1cc(C2=C(C=C[C@@H]3C[C@@H](O)CC(=O)O3)C(C)(C)Sc3ccccc32)ccc1F. The van der Waals surface area contributed by atoms with Crippen LogP contribution in [0.5, 0.6) is 0 Å². The molecule has 2 aliphatic heterocycles. The number of fused-ring (bicyclic) bond motifs is 1. The van der Waals surface area contributed by atoms with Crippen LogP contribution in [0.2, 0.25) is 0 Å². The fraction of sp³-hybridized carbons (Fsp3) is 0.320. The zero-order valence-electron chi connectivity index (χ0n) is 17.3. The summed E-state index contributed by atoms with van der Waals surface area (Å²) in [4.78, 5) is 12.9. The number of cyclic esters (lactones) is 1. The molecule has 5 heteroatoms. The Hall–Kier alpha value is -2.37. The molecule has 1 fully saturated rings. The average Bonchev–Trinajstić information content (AvgIpc) is 2.67. The Labute approximate surface area is 180 Å². The number of carbonyl (C=O) groups excluding carboxylic acids is 1. The summed E-state index contributed by atoms with van der Waals surface area (Å²) in [5, 5.41) is 9.92. The summed E-state index contributed by atoms with van der Waals surface area (Å²) in [6.45, 7) is 6.09. The van der Waals surface area contributed by atoms with Crippen LogP contribution in [0.4, 0.5) is 4.39 Å². The van der Waals surface area contributed by atoms with Crippen molar-refractivity contribution in [1.29, 1.82) is 0 Å². The van der Waals surface area contributed by atoms with Crippen LogP contribution in [-0.2, 0) is 9.53 Å². The van der Waals surface area contributed by atoms with Crippen molar-refractivity contribution in [2.24, 2.45) is 0 Å². The molecule has 0 aliphatic carbocycles. The number of carbonyl (C=O) groups is 1. The summed E-state index contributed by atoms with van der Waals surface area (Å²) in [7, 11) is 0. The largest absolute Gasteiger partial charge is 0.458 e. The van der Waals surface area contributed by atoms with E-state index in [1.807, 2.05) is 36.4 Å². The van der Waals surface area contributed by atoms with Crippen LogP contribution in [0.3, 0.4) is 0 Å². The first-order chi connectivity index (χ1) is 14.2. The number of esters is 1. The molecule has 30 heavy (non-hydrogen) atoms. The van der Waals surface area contributed by atoms with E-state index in [9.17, 15) is 14.3 Å². The number of thioether (sulfide) groups is 1. The summed E-state index contributed by atoms with van der Waals surface area (Å²) in [5.41, 5.74) is 4.79. The van der Waals surface area contributed by atoms with Crippen LogP contribution in [-0.4, -0.2) is 28.0 Å². The van der Waals surface area contributed by atoms with Gasteiger partial charge in [0.1, 0.15) is 11.9 Å². The third-order valence-corrected chi connectivity index (χ3v) is 6.86. The van der Waals surface area contributed by atoms with Crippen molar-refractivity contribution in [3.63, 3.8) is 0 Å². The Kier molecular flexibility index (Phi) is 5.60. The highest BCUT2D eigenvalue weighted by molar-refractivity contribution is 8.01. The highest BCUT2D eigenvalue weighted by Gasteiger charge is 2.34. The van der Waals surface area contributed by atoms with E-state index in [1.54, 1.807) is 18.7 Å². The van der Waals surface area contributed by atoms with Crippen LogP contribution in [0.1, 0.15) is 43.4 Å². The van der Waals surface area contributed by atoms with E-state index in [2.05, 4.69) is 26.0 Å². The van der Waals surface area contributed by atoms with E-state index < -0.39 is 12.2 Å². The summed E-state index contributed by atoms with van der Waals surface area (Å²) < 4.78 is 19.1. The van der Waals surface area contributed by atoms with Gasteiger partial charge in [-0.15, -0.1) is 11.8 Å². The topological polar surface area (TPSA) is 46.5 Å². The number of rotatable bonds is 3. The maximum Gasteiger partial charge on any atom is 0.309 e. The molecule has 0 bridgehead atoms. The number of hydrogen-bond acceptors (Lipinski definition) is 4. The van der Waals surface area contributed by atoms with Gasteiger partial charge in [0, 0.05) is 16.1 Å². The van der Waals surface area contributed by atoms with Gasteiger partial charge in [-0.1, -0.05) is 30.3 Å². The molecule has 2 aromatic rings. The average molecular weight is 425 g/mol. The Morgan fingerprint density at radius 1 is 1.23 bits per heavy atom. The number of aliphatic hydroxyl groups excluding tert-OH is 1. The minimum absolute atomic E-state index is 0.0435. The van der Waals surface area contributed by atoms with Gasteiger partial charge in [-0.3, -0.25) is 4.79 Å². The van der Waals surface area contributed by atoms with Gasteiger partial charge >= 0.3 is 5.97 Å². The molecule has 0 radical (unpaired) electrons. The second-order valence-electron chi connectivity index (χ2n) is 8.34. The molecule has 1 N–H and O–H groups in total. The van der Waals surface area contributed by atoms with Gasteiger partial charge in [0.25, 0.3) is 0 Å². The first kappa shape index (κ1) is 20.9. The summed E-state index contributed by atoms with van der Waals surface area (Å²) in [6.07, 6.45) is 3.17. The molecule has 4 rings (SSSR count). The molecule has 0 amide bonds. The van der Waals surface area contributed by atoms with Crippen molar-refractivity contribution in [1.82, 2.24) is 0 Å². The van der Waals surface area contributed by atoms with Gasteiger partial charge in [-0.2, -0.15) is 0 Å². The van der Waals surface area contributed by atoms with Gasteiger partial charge in [0.15, 0.2) is 0 Å². The maximum atomic E-state index is 14.0. The highest BCUT2D eigenvalue weighted by Crippen LogP contribution is 2.51. The van der Waals surface area contributed by atoms with E-state index in [-0.39, 0.29) is 23.0 Å². The normalized spacial score (nSPS) is 23.4. The zero-order valence-corrected chi connectivity index (χ0v) is 18.1. The van der Waals surface area contributed by atoms with E-state index in [0.29, 0.717) is 12.0 Å². The van der Waals surface area contributed by atoms with Crippen molar-refractivity contribution in [3.05, 3.63) is 82.7 Å². The van der Waals surface area contributed by atoms with Gasteiger partial charge in [-0.25, -0.2) is 4.39 Å². The highest BCUT2D eigenvalue weighted by atomic mass is 32.2. The van der Waals surface area contributed by atoms with E-state index in [0.717, 1.165) is 22.3 Å². The molecule has 0 aromatic heterocycles. The predicted molar refractivity (Wildman–Crippen MR) is 118 cm³/mol. The number of allylic oxidation sites excluding steroid dienone is 1. The predicted octanol–water partition coefficient (Wildman–Crippen LogP) is 5.44. The van der Waals surface area contributed by atoms with Gasteiger partial charge in [-0.05, 0) is 72.9 Å². The van der Waals surface area contributed by atoms with E-state index in [4.69, 9.17) is 4.74 Å². The smallest absolute Gasteiger partial charge is 0.309 e. The lowest BCUT2D eigenvalue weighted by atomic mass is 9.85. The molecule has 0 saturated carbocycles. The maximum absolute atomic E-state index is 14.0. The number of halogens is 1. The van der Waals surface area contributed by atoms with Crippen LogP contribution in [0, 0.1) is 12.7 Å². The van der Waals surface area contributed by atoms with Crippen molar-refractivity contribution >= 4 is 23.3 Å². The fourth-order valence-corrected chi connectivity index (χ4v) is 5.32. The monoisotopic (exact) mass is 424 g/mol. The summed E-state index contributed by atoms with van der Waals surface area (Å²) >= 11 is 1.78. The second kappa shape index (κ2) is 8.05. The third kappa shape index (κ3) is 4.09. The van der Waals surface area contributed by atoms with Crippen molar-refractivity contribution in [2.45, 2.75) is 55.5 Å². The number of ether oxygens (including phenoxy) is 1. The van der Waals surface area contributed by atoms with Crippen LogP contribution >= 0.6 is 11.8 Å². The minimum Gasteiger partial charge on any atom is -0.458 e. The molecule has 3 nitrogen and oxygen atoms in total. The van der Waals surface area contributed by atoms with E-state index >= 15 is 0 Å². The summed E-state index contributed by atoms with van der Waals surface area (Å²) in [5.74, 6) is -0.605. The molecule has 2 heterocycles. The summed E-state index contributed by atoms with van der Waals surface area (Å²) in [6, 6.07) is 13.4. The Morgan fingerprint density at radius 2 is 2.00 bits per heavy atom. The molecule has 0 spiro atoms. The van der Waals surface area contributed by atoms with Gasteiger partial charge in [0.2, 0.25) is 0 Å². The number of benzene rings is 2. The van der Waals surface area contributed by atoms with Crippen LogP contribution in [0.15, 0.2) is 65.1 Å². The molecule has 0 unspecified atom stereocenters. The molecule has 156 valence electrons. The first-order valence-electron chi connectivity index (χ1n) is 10.1. The molecule has 2 atom stereocenters. The number of aliphatic hydroxyl groups is 1. The lowest BCUT2D eigenvalue weighted by Gasteiger charge is -2.35. The standard InChI is InChI=1S/C25H25FO3S/c1-15-12-16(8-11-21(15)26)24-19-6-4-5-7-22(19)30-25(2,3)20(24)10-9-18-13-17(27)14-23(28)29-18/h4-12,17-18,27H,13-14H2,1-3H3/t17-,18-/m1/s1. The fourth-order valence-electron chi connectivity index (χ4n) is 4.06. The third-order valence-electron chi connectivity index (χ3n) is 5.55. The first-order valence-corrected chi connectivity index (χ1v) is 10.9. The molecular formula is C25H25FO3S. The molecule has 2 aliphatic rings. The van der Waals surface area contributed by atoms with Crippen molar-refractivity contribution in [2.75, 3.05) is 0 Å². The Morgan fingerprint density at radius 3 is 2.73 bits per heavy atom. The van der Waals surface area contributed by atoms with Crippen LogP contribution < -0.4 is 0 Å². The van der Waals surface area contributed by atoms with Crippen molar-refractivity contribution in [3.8, 4) is 0 Å². The zero-order chi connectivity index (χ0) is 21.5. The Balaban J connectivity index is 1.86. The Bertz CT molecular complexity index is 1050. The van der Waals surface area contributed by atoms with Crippen molar-refractivity contribution < 1.29 is 19.0 Å². The number of aryl methyl sites for hydroxylation is 1. The minimum atomic E-state index is -0.677. The van der Waals surface area contributed by atoms with Crippen LogP contribution in [0.25, 0.3) is 5.57 Å². The molecule has 1 saturated heterocycles.